The third-order valence-electron chi connectivity index (χ3n) is 2.07. The van der Waals surface area contributed by atoms with Crippen LogP contribution in [0, 0.1) is 0 Å². The maximum atomic E-state index is 11.6. The minimum Gasteiger partial charge on any atom is -0.480 e. The number of carboxylic acid groups (broad SMARTS) is 1. The fourth-order valence-electron chi connectivity index (χ4n) is 1.18. The van der Waals surface area contributed by atoms with E-state index in [4.69, 9.17) is 10.2 Å². The monoisotopic (exact) mass is 240 g/mol. The van der Waals surface area contributed by atoms with Gasteiger partial charge in [0.15, 0.2) is 0 Å². The lowest BCUT2D eigenvalue weighted by molar-refractivity contribution is -0.139. The molecule has 1 heterocycles. The Bertz CT molecular complexity index is 448. The third-order valence-corrected chi connectivity index (χ3v) is 2.07. The zero-order valence-corrected chi connectivity index (χ0v) is 8.84. The summed E-state index contributed by atoms with van der Waals surface area (Å²) in [4.78, 5) is 35.4. The molecule has 92 valence electrons. The van der Waals surface area contributed by atoms with Crippen molar-refractivity contribution < 1.29 is 19.8 Å². The number of aliphatic hydroxyl groups is 1. The second-order valence-electron chi connectivity index (χ2n) is 3.32. The fraction of sp³-hybridized carbons (Fsp3) is 0.300. The van der Waals surface area contributed by atoms with E-state index >= 15 is 0 Å². The first-order valence-corrected chi connectivity index (χ1v) is 4.88. The summed E-state index contributed by atoms with van der Waals surface area (Å²) in [5.74, 6) is -1.85. The molecule has 1 atom stereocenters. The lowest BCUT2D eigenvalue weighted by Crippen LogP contribution is -2.41. The highest BCUT2D eigenvalue weighted by atomic mass is 16.4. The van der Waals surface area contributed by atoms with Crippen LogP contribution >= 0.6 is 0 Å². The number of aliphatic carboxylic acids is 1. The van der Waals surface area contributed by atoms with E-state index in [9.17, 15) is 14.4 Å². The molecule has 0 saturated carbocycles. The molecule has 1 aromatic heterocycles. The molecular weight excluding hydrogens is 228 g/mol. The SMILES string of the molecule is O=C(N[C@H](CCO)C(=O)O)c1ccc(=O)[nH]c1. The molecule has 7 nitrogen and oxygen atoms in total. The summed E-state index contributed by atoms with van der Waals surface area (Å²) in [6.07, 6.45) is 1.11. The van der Waals surface area contributed by atoms with Crippen LogP contribution in [0.2, 0.25) is 0 Å². The predicted octanol–water partition coefficient (Wildman–Crippen LogP) is -1.06. The quantitative estimate of drug-likeness (QED) is 0.523. The molecule has 0 saturated heterocycles. The third kappa shape index (κ3) is 3.72. The van der Waals surface area contributed by atoms with Crippen molar-refractivity contribution in [2.75, 3.05) is 6.61 Å². The number of carboxylic acids is 1. The molecule has 0 aliphatic carbocycles. The van der Waals surface area contributed by atoms with Gasteiger partial charge in [-0.05, 0) is 6.07 Å². The Kier molecular flexibility index (Phi) is 4.41. The first-order chi connectivity index (χ1) is 8.04. The standard InChI is InChI=1S/C10H12N2O5/c13-4-3-7(10(16)17)12-9(15)6-1-2-8(14)11-5-6/h1-2,5,7,13H,3-4H2,(H,11,14)(H,12,15)(H,16,17)/t7-/m1/s1. The van der Waals surface area contributed by atoms with Crippen LogP contribution in [-0.2, 0) is 4.79 Å². The average molecular weight is 240 g/mol. The van der Waals surface area contributed by atoms with Crippen LogP contribution in [0.3, 0.4) is 0 Å². The fourth-order valence-corrected chi connectivity index (χ4v) is 1.18. The van der Waals surface area contributed by atoms with Crippen molar-refractivity contribution in [1.29, 1.82) is 0 Å². The van der Waals surface area contributed by atoms with Crippen molar-refractivity contribution in [3.8, 4) is 0 Å². The van der Waals surface area contributed by atoms with Gasteiger partial charge >= 0.3 is 5.97 Å². The zero-order chi connectivity index (χ0) is 12.8. The van der Waals surface area contributed by atoms with E-state index in [1.807, 2.05) is 0 Å². The molecule has 4 N–H and O–H groups in total. The molecule has 0 spiro atoms. The number of hydrogen-bond acceptors (Lipinski definition) is 4. The summed E-state index contributed by atoms with van der Waals surface area (Å²) in [5.41, 5.74) is -0.208. The number of carbonyl (C=O) groups excluding carboxylic acids is 1. The number of H-pyrrole nitrogens is 1. The van der Waals surface area contributed by atoms with Crippen LogP contribution in [0.5, 0.6) is 0 Å². The summed E-state index contributed by atoms with van der Waals surface area (Å²) in [6.45, 7) is -0.344. The molecule has 1 amide bonds. The highest BCUT2D eigenvalue weighted by Crippen LogP contribution is 1.97. The molecule has 0 aliphatic rings. The van der Waals surface area contributed by atoms with Gasteiger partial charge in [0.1, 0.15) is 6.04 Å². The van der Waals surface area contributed by atoms with Gasteiger partial charge in [0.2, 0.25) is 5.56 Å². The summed E-state index contributed by atoms with van der Waals surface area (Å²) >= 11 is 0. The zero-order valence-electron chi connectivity index (χ0n) is 8.84. The van der Waals surface area contributed by atoms with E-state index in [1.54, 1.807) is 0 Å². The lowest BCUT2D eigenvalue weighted by Gasteiger charge is -2.12. The van der Waals surface area contributed by atoms with Gasteiger partial charge in [-0.25, -0.2) is 4.79 Å². The van der Waals surface area contributed by atoms with E-state index in [-0.39, 0.29) is 24.2 Å². The number of rotatable bonds is 5. The van der Waals surface area contributed by atoms with Crippen molar-refractivity contribution in [2.24, 2.45) is 0 Å². The largest absolute Gasteiger partial charge is 0.480 e. The van der Waals surface area contributed by atoms with Gasteiger partial charge < -0.3 is 20.5 Å². The maximum absolute atomic E-state index is 11.6. The van der Waals surface area contributed by atoms with Crippen molar-refractivity contribution in [3.63, 3.8) is 0 Å². The Labute approximate surface area is 96.1 Å². The van der Waals surface area contributed by atoms with E-state index in [1.165, 1.54) is 12.3 Å². The van der Waals surface area contributed by atoms with E-state index in [2.05, 4.69) is 10.3 Å². The Morgan fingerprint density at radius 1 is 1.41 bits per heavy atom. The molecule has 0 aliphatic heterocycles. The Hall–Kier alpha value is -2.15. The van der Waals surface area contributed by atoms with E-state index < -0.39 is 17.9 Å². The molecule has 0 aromatic carbocycles. The number of amides is 1. The second-order valence-corrected chi connectivity index (χ2v) is 3.32. The van der Waals surface area contributed by atoms with Crippen molar-refractivity contribution in [1.82, 2.24) is 10.3 Å². The number of aromatic nitrogens is 1. The number of aliphatic hydroxyl groups excluding tert-OH is 1. The summed E-state index contributed by atoms with van der Waals surface area (Å²) in [7, 11) is 0. The molecule has 7 heteroatoms. The topological polar surface area (TPSA) is 119 Å². The van der Waals surface area contributed by atoms with Gasteiger partial charge in [0.05, 0.1) is 5.56 Å². The molecule has 0 unspecified atom stereocenters. The van der Waals surface area contributed by atoms with Gasteiger partial charge in [-0.15, -0.1) is 0 Å². The van der Waals surface area contributed by atoms with Crippen LogP contribution < -0.4 is 10.9 Å². The van der Waals surface area contributed by atoms with Crippen LogP contribution in [0.1, 0.15) is 16.8 Å². The van der Waals surface area contributed by atoms with E-state index in [0.29, 0.717) is 0 Å². The Morgan fingerprint density at radius 2 is 2.12 bits per heavy atom. The molecule has 0 bridgehead atoms. The first-order valence-electron chi connectivity index (χ1n) is 4.88. The van der Waals surface area contributed by atoms with E-state index in [0.717, 1.165) is 6.07 Å². The number of carbonyl (C=O) groups is 2. The summed E-state index contributed by atoms with van der Waals surface area (Å²) in [6, 6.07) is 1.29. The van der Waals surface area contributed by atoms with Crippen LogP contribution in [0.25, 0.3) is 0 Å². The number of nitrogens with one attached hydrogen (secondary N) is 2. The van der Waals surface area contributed by atoms with Crippen LogP contribution in [0.4, 0.5) is 0 Å². The molecule has 17 heavy (non-hydrogen) atoms. The number of hydrogen-bond donors (Lipinski definition) is 4. The average Bonchev–Trinajstić information content (AvgIpc) is 2.29. The maximum Gasteiger partial charge on any atom is 0.326 e. The van der Waals surface area contributed by atoms with Gasteiger partial charge in [-0.1, -0.05) is 0 Å². The van der Waals surface area contributed by atoms with Gasteiger partial charge in [0, 0.05) is 25.3 Å². The summed E-state index contributed by atoms with van der Waals surface area (Å²) < 4.78 is 0. The minimum atomic E-state index is -1.23. The smallest absolute Gasteiger partial charge is 0.326 e. The van der Waals surface area contributed by atoms with Crippen molar-refractivity contribution in [3.05, 3.63) is 34.2 Å². The van der Waals surface area contributed by atoms with Crippen LogP contribution in [-0.4, -0.2) is 39.7 Å². The highest BCUT2D eigenvalue weighted by molar-refractivity contribution is 5.96. The summed E-state index contributed by atoms with van der Waals surface area (Å²) in [5, 5.41) is 19.6. The van der Waals surface area contributed by atoms with Crippen molar-refractivity contribution >= 4 is 11.9 Å². The van der Waals surface area contributed by atoms with Gasteiger partial charge in [0.25, 0.3) is 5.91 Å². The molecular formula is C10H12N2O5. The highest BCUT2D eigenvalue weighted by Gasteiger charge is 2.19. The van der Waals surface area contributed by atoms with Crippen molar-refractivity contribution in [2.45, 2.75) is 12.5 Å². The molecule has 1 rings (SSSR count). The minimum absolute atomic E-state index is 0.0789. The molecule has 1 aromatic rings. The van der Waals surface area contributed by atoms with Crippen LogP contribution in [0.15, 0.2) is 23.1 Å². The normalized spacial score (nSPS) is 11.8. The Morgan fingerprint density at radius 3 is 2.59 bits per heavy atom. The predicted molar refractivity (Wildman–Crippen MR) is 57.7 cm³/mol. The second kappa shape index (κ2) is 5.80. The van der Waals surface area contributed by atoms with Gasteiger partial charge in [-0.3, -0.25) is 9.59 Å². The number of aromatic amines is 1. The molecule has 0 radical (unpaired) electrons. The number of pyridine rings is 1. The lowest BCUT2D eigenvalue weighted by atomic mass is 10.2. The first kappa shape index (κ1) is 12.9. The Balaban J connectivity index is 2.73. The van der Waals surface area contributed by atoms with Gasteiger partial charge in [-0.2, -0.15) is 0 Å². The molecule has 0 fully saturated rings.